The van der Waals surface area contributed by atoms with E-state index in [1.165, 1.54) is 12.1 Å². The van der Waals surface area contributed by atoms with E-state index in [1.807, 2.05) is 22.6 Å². The molecule has 4 bridgehead atoms. The van der Waals surface area contributed by atoms with Gasteiger partial charge in [0.25, 0.3) is 0 Å². The van der Waals surface area contributed by atoms with E-state index >= 15 is 0 Å². The Hall–Kier alpha value is -2.26. The third-order valence-corrected chi connectivity index (χ3v) is 9.02. The highest BCUT2D eigenvalue weighted by Gasteiger charge is 2.55. The molecule has 0 spiro atoms. The monoisotopic (exact) mass is 654 g/mol. The number of benzene rings is 2. The lowest BCUT2D eigenvalue weighted by molar-refractivity contribution is -0.161. The van der Waals surface area contributed by atoms with Crippen LogP contribution < -0.4 is 9.47 Å². The summed E-state index contributed by atoms with van der Waals surface area (Å²) >= 11 is 1.90. The van der Waals surface area contributed by atoms with Gasteiger partial charge in [0.1, 0.15) is 11.3 Å². The minimum atomic E-state index is -5.68. The molecule has 4 aliphatic carbocycles. The van der Waals surface area contributed by atoms with E-state index in [1.54, 1.807) is 0 Å². The van der Waals surface area contributed by atoms with Crippen LogP contribution in [0.3, 0.4) is 0 Å². The SMILES string of the molecule is O=C(Oc1c(F)c(F)c(S(=O)(=O)O)c(F)c1F)c1ccc(I)cc1OC(=O)C12CC3CC(CC(C3)C1)C2. The predicted molar refractivity (Wildman–Crippen MR) is 126 cm³/mol. The maximum absolute atomic E-state index is 14.4. The molecule has 7 nitrogen and oxygen atoms in total. The summed E-state index contributed by atoms with van der Waals surface area (Å²) in [6.07, 6.45) is 5.26. The molecule has 0 radical (unpaired) electrons. The third-order valence-electron chi connectivity index (χ3n) is 7.47. The highest BCUT2D eigenvalue weighted by Crippen LogP contribution is 2.60. The predicted octanol–water partition coefficient (Wildman–Crippen LogP) is 5.44. The Morgan fingerprint density at radius 1 is 0.892 bits per heavy atom. The smallest absolute Gasteiger partial charge is 0.347 e. The molecule has 13 heteroatoms. The van der Waals surface area contributed by atoms with Crippen LogP contribution in [-0.2, 0) is 14.9 Å². The quantitative estimate of drug-likeness (QED) is 0.114. The van der Waals surface area contributed by atoms with Crippen molar-refractivity contribution in [2.75, 3.05) is 0 Å². The van der Waals surface area contributed by atoms with Gasteiger partial charge in [-0.05, 0) is 97.1 Å². The van der Waals surface area contributed by atoms with Gasteiger partial charge in [-0.15, -0.1) is 0 Å². The normalized spacial score (nSPS) is 26.3. The summed E-state index contributed by atoms with van der Waals surface area (Å²) in [4.78, 5) is 23.9. The Labute approximate surface area is 222 Å². The van der Waals surface area contributed by atoms with Gasteiger partial charge in [0.2, 0.25) is 17.4 Å². The van der Waals surface area contributed by atoms with Crippen molar-refractivity contribution in [2.45, 2.75) is 43.4 Å². The van der Waals surface area contributed by atoms with Crippen molar-refractivity contribution in [2.24, 2.45) is 23.2 Å². The van der Waals surface area contributed by atoms with Crippen molar-refractivity contribution in [3.8, 4) is 11.5 Å². The zero-order valence-corrected chi connectivity index (χ0v) is 21.9. The molecule has 4 aliphatic rings. The van der Waals surface area contributed by atoms with E-state index in [4.69, 9.17) is 9.29 Å². The molecule has 4 fully saturated rings. The lowest BCUT2D eigenvalue weighted by atomic mass is 9.49. The molecule has 0 saturated heterocycles. The number of esters is 2. The molecule has 2 aromatic carbocycles. The Morgan fingerprint density at radius 3 is 1.89 bits per heavy atom. The molecule has 0 aromatic heterocycles. The summed E-state index contributed by atoms with van der Waals surface area (Å²) in [6, 6.07) is 3.90. The van der Waals surface area contributed by atoms with Crippen LogP contribution in [0.25, 0.3) is 0 Å². The Kier molecular flexibility index (Phi) is 6.54. The Balaban J connectivity index is 1.45. The molecule has 4 saturated carbocycles. The molecule has 1 N–H and O–H groups in total. The number of carbonyl (C=O) groups excluding carboxylic acids is 2. The van der Waals surface area contributed by atoms with E-state index < -0.39 is 66.9 Å². The van der Waals surface area contributed by atoms with Crippen LogP contribution in [0.4, 0.5) is 17.6 Å². The van der Waals surface area contributed by atoms with Crippen molar-refractivity contribution in [3.63, 3.8) is 0 Å². The molecular weight excluding hydrogens is 635 g/mol. The number of halogens is 5. The van der Waals surface area contributed by atoms with Crippen LogP contribution in [0.2, 0.25) is 0 Å². The lowest BCUT2D eigenvalue weighted by Gasteiger charge is -2.55. The van der Waals surface area contributed by atoms with Gasteiger partial charge in [-0.2, -0.15) is 17.2 Å². The van der Waals surface area contributed by atoms with Gasteiger partial charge in [-0.3, -0.25) is 9.35 Å². The number of hydrogen-bond acceptors (Lipinski definition) is 6. The molecule has 0 unspecified atom stereocenters. The first kappa shape index (κ1) is 26.4. The minimum absolute atomic E-state index is 0.256. The fourth-order valence-corrected chi connectivity index (χ4v) is 7.47. The van der Waals surface area contributed by atoms with Crippen LogP contribution in [0.5, 0.6) is 11.5 Å². The number of rotatable bonds is 5. The van der Waals surface area contributed by atoms with Gasteiger partial charge < -0.3 is 9.47 Å². The van der Waals surface area contributed by atoms with E-state index in [9.17, 15) is 35.6 Å². The van der Waals surface area contributed by atoms with E-state index in [2.05, 4.69) is 4.74 Å². The highest BCUT2D eigenvalue weighted by molar-refractivity contribution is 14.1. The molecule has 6 rings (SSSR count). The molecule has 2 aromatic rings. The average Bonchev–Trinajstić information content (AvgIpc) is 2.79. The largest absolute Gasteiger partial charge is 0.425 e. The summed E-state index contributed by atoms with van der Waals surface area (Å²) in [5.41, 5.74) is -1.13. The van der Waals surface area contributed by atoms with Crippen LogP contribution >= 0.6 is 22.6 Å². The maximum Gasteiger partial charge on any atom is 0.347 e. The first-order valence-corrected chi connectivity index (χ1v) is 13.9. The second-order valence-electron chi connectivity index (χ2n) is 10.0. The summed E-state index contributed by atoms with van der Waals surface area (Å²) in [5, 5.41) is 0. The van der Waals surface area contributed by atoms with Gasteiger partial charge in [-0.25, -0.2) is 13.6 Å². The van der Waals surface area contributed by atoms with Gasteiger partial charge in [0.05, 0.1) is 5.41 Å². The van der Waals surface area contributed by atoms with Crippen LogP contribution in [0.1, 0.15) is 48.9 Å². The first-order chi connectivity index (χ1) is 17.3. The van der Waals surface area contributed by atoms with E-state index in [-0.39, 0.29) is 5.75 Å². The molecule has 0 amide bonds. The van der Waals surface area contributed by atoms with Crippen LogP contribution in [0, 0.1) is 50.0 Å². The average molecular weight is 654 g/mol. The van der Waals surface area contributed by atoms with Crippen molar-refractivity contribution in [1.29, 1.82) is 0 Å². The molecule has 0 heterocycles. The van der Waals surface area contributed by atoms with Crippen molar-refractivity contribution < 1.29 is 49.6 Å². The fourth-order valence-electron chi connectivity index (χ4n) is 6.37. The standard InChI is InChI=1S/C24H19F4IO7S/c25-16-18(27)21(37(32,33)34)19(28)17(26)20(16)36-22(30)14-2-1-13(29)6-15(14)35-23(31)24-7-10-3-11(8-24)5-12(4-10)9-24/h1-2,6,10-12H,3-5,7-9H2,(H,32,33,34). The summed E-state index contributed by atoms with van der Waals surface area (Å²) in [6.45, 7) is 0. The van der Waals surface area contributed by atoms with Crippen LogP contribution in [0.15, 0.2) is 23.1 Å². The highest BCUT2D eigenvalue weighted by atomic mass is 127. The van der Waals surface area contributed by atoms with Gasteiger partial charge >= 0.3 is 22.1 Å². The molecule has 37 heavy (non-hydrogen) atoms. The summed E-state index contributed by atoms with van der Waals surface area (Å²) in [5.74, 6) is -12.5. The number of hydrogen-bond donors (Lipinski definition) is 1. The molecule has 198 valence electrons. The van der Waals surface area contributed by atoms with Gasteiger partial charge in [0, 0.05) is 3.57 Å². The Bertz CT molecular complexity index is 1380. The minimum Gasteiger partial charge on any atom is -0.425 e. The Morgan fingerprint density at radius 2 is 1.41 bits per heavy atom. The number of ether oxygens (including phenoxy) is 2. The van der Waals surface area contributed by atoms with Gasteiger partial charge in [0.15, 0.2) is 16.5 Å². The topological polar surface area (TPSA) is 107 Å². The number of carbonyl (C=O) groups is 2. The van der Waals surface area contributed by atoms with Crippen molar-refractivity contribution >= 4 is 44.6 Å². The zero-order chi connectivity index (χ0) is 26.9. The molecule has 0 aliphatic heterocycles. The van der Waals surface area contributed by atoms with E-state index in [0.717, 1.165) is 25.3 Å². The fraction of sp³-hybridized carbons (Fsp3) is 0.417. The summed E-state index contributed by atoms with van der Waals surface area (Å²) in [7, 11) is -5.68. The second kappa shape index (κ2) is 9.19. The van der Waals surface area contributed by atoms with E-state index in [0.29, 0.717) is 40.6 Å². The summed E-state index contributed by atoms with van der Waals surface area (Å²) < 4.78 is 98.9. The molecule has 0 atom stereocenters. The zero-order valence-electron chi connectivity index (χ0n) is 18.9. The van der Waals surface area contributed by atoms with Crippen molar-refractivity contribution in [1.82, 2.24) is 0 Å². The van der Waals surface area contributed by atoms with Crippen LogP contribution in [-0.4, -0.2) is 24.9 Å². The lowest BCUT2D eigenvalue weighted by Crippen LogP contribution is -2.51. The van der Waals surface area contributed by atoms with Gasteiger partial charge in [-0.1, -0.05) is 0 Å². The first-order valence-electron chi connectivity index (χ1n) is 11.4. The second-order valence-corrected chi connectivity index (χ2v) is 12.6. The third kappa shape index (κ3) is 4.62. The molecular formula is C24H19F4IO7S. The maximum atomic E-state index is 14.4. The van der Waals surface area contributed by atoms with Crippen molar-refractivity contribution in [3.05, 3.63) is 50.6 Å².